The number of ether oxygens (including phenoxy) is 2. The summed E-state index contributed by atoms with van der Waals surface area (Å²) in [6.45, 7) is 19.1. The number of likely N-dealkylation sites (tertiary alicyclic amines) is 1. The number of benzene rings is 2. The second-order valence-electron chi connectivity index (χ2n) is 16.9. The van der Waals surface area contributed by atoms with Gasteiger partial charge in [-0.05, 0) is 84.9 Å². The third-order valence-corrected chi connectivity index (χ3v) is 13.9. The number of fused-ring (bicyclic) bond motifs is 1. The van der Waals surface area contributed by atoms with Gasteiger partial charge in [-0.2, -0.15) is 0 Å². The molecule has 2 aromatic rings. The quantitative estimate of drug-likeness (QED) is 0.0864. The summed E-state index contributed by atoms with van der Waals surface area (Å²) in [4.78, 5) is 59.4. The number of carboxylic acid groups (broad SMARTS) is 1. The van der Waals surface area contributed by atoms with Crippen molar-refractivity contribution in [3.8, 4) is 5.75 Å². The van der Waals surface area contributed by atoms with Gasteiger partial charge >= 0.3 is 6.09 Å². The average Bonchev–Trinajstić information content (AvgIpc) is 4.14. The number of nitrogens with one attached hydrogen (secondary N) is 2. The zero-order chi connectivity index (χ0) is 43.3. The molecule has 0 spiro atoms. The van der Waals surface area contributed by atoms with Gasteiger partial charge in [0, 0.05) is 31.6 Å². The molecule has 14 heteroatoms. The summed E-state index contributed by atoms with van der Waals surface area (Å²) >= 11 is 0. The second-order valence-corrected chi connectivity index (χ2v) is 18.9. The zero-order valence-electron chi connectivity index (χ0n) is 34.8. The van der Waals surface area contributed by atoms with Crippen molar-refractivity contribution in [2.75, 3.05) is 27.3 Å². The molecule has 5 rings (SSSR count). The Kier molecular flexibility index (Phi) is 13.9. The molecular formula is C45H60N4O9S. The van der Waals surface area contributed by atoms with Crippen molar-refractivity contribution < 1.29 is 42.2 Å². The van der Waals surface area contributed by atoms with E-state index in [1.54, 1.807) is 19.3 Å². The van der Waals surface area contributed by atoms with Gasteiger partial charge in [-0.3, -0.25) is 24.0 Å². The van der Waals surface area contributed by atoms with Crippen LogP contribution in [0.25, 0.3) is 16.8 Å². The van der Waals surface area contributed by atoms with Crippen LogP contribution < -0.4 is 14.8 Å². The van der Waals surface area contributed by atoms with Crippen LogP contribution in [0.4, 0.5) is 4.79 Å². The van der Waals surface area contributed by atoms with Crippen molar-refractivity contribution in [1.82, 2.24) is 19.8 Å². The number of amides is 4. The first-order valence-electron chi connectivity index (χ1n) is 20.3. The smallest absolute Gasteiger partial charge is 0.407 e. The van der Waals surface area contributed by atoms with E-state index in [1.165, 1.54) is 23.0 Å². The van der Waals surface area contributed by atoms with Crippen molar-refractivity contribution in [2.45, 2.75) is 107 Å². The summed E-state index contributed by atoms with van der Waals surface area (Å²) in [5, 5.41) is 14.6. The highest BCUT2D eigenvalue weighted by molar-refractivity contribution is 7.91. The van der Waals surface area contributed by atoms with E-state index in [2.05, 4.69) is 36.4 Å². The van der Waals surface area contributed by atoms with Gasteiger partial charge in [0.2, 0.25) is 21.8 Å². The van der Waals surface area contributed by atoms with Crippen LogP contribution in [0.1, 0.15) is 89.2 Å². The van der Waals surface area contributed by atoms with Gasteiger partial charge in [0.05, 0.1) is 18.9 Å². The Bertz CT molecular complexity index is 2100. The maximum absolute atomic E-state index is 15.2. The zero-order valence-corrected chi connectivity index (χ0v) is 35.7. The maximum Gasteiger partial charge on any atom is 0.407 e. The van der Waals surface area contributed by atoms with E-state index >= 15 is 4.79 Å². The van der Waals surface area contributed by atoms with Crippen molar-refractivity contribution in [1.29, 1.82) is 0 Å². The minimum atomic E-state index is -3.95. The molecule has 0 bridgehead atoms. The number of unbranched alkanes of at least 4 members (excludes halogenated alkanes) is 3. The van der Waals surface area contributed by atoms with Gasteiger partial charge in [0.1, 0.15) is 29.0 Å². The summed E-state index contributed by atoms with van der Waals surface area (Å²) in [5.74, 6) is -2.05. The van der Waals surface area contributed by atoms with Gasteiger partial charge < -0.3 is 24.8 Å². The molecule has 3 N–H and O–H groups in total. The summed E-state index contributed by atoms with van der Waals surface area (Å²) in [6.07, 6.45) is 9.93. The number of hydrogen-bond donors (Lipinski definition) is 3. The molecule has 0 aromatic heterocycles. The molecule has 13 nitrogen and oxygen atoms in total. The number of hydrogen-bond acceptors (Lipinski definition) is 8. The van der Waals surface area contributed by atoms with E-state index in [0.717, 1.165) is 35.6 Å². The summed E-state index contributed by atoms with van der Waals surface area (Å²) in [5.41, 5.74) is -1.99. The molecule has 3 fully saturated rings. The standard InChI is InChI=1S/C45H60N4O9S/c1-9-13-14-15-16-17-36(49(42(53)54)28-43(5,6)22-10-2)40(51)48-29-44(58-8,34-19-18-31-25-38(57-7)30(11-3)23-32(31)24-34)27-37(48)39(50)46-45(26-33(45)12-4)41(52)47-59(55,56)35-20-21-35/h9-12,18-19,23-25,33,35-37H,1-4,13-17,20-22,26-29H2,5-8H3,(H,46,50)(H,47,52)(H,53,54)/t33-,36+,37+,44+,45-/m1/s1. The van der Waals surface area contributed by atoms with Crippen LogP contribution >= 0.6 is 0 Å². The van der Waals surface area contributed by atoms with Gasteiger partial charge in [0.25, 0.3) is 5.91 Å². The van der Waals surface area contributed by atoms with Crippen LogP contribution in [0, 0.1) is 11.3 Å². The first-order chi connectivity index (χ1) is 27.9. The predicted octanol–water partition coefficient (Wildman–Crippen LogP) is 6.69. The third kappa shape index (κ3) is 9.75. The molecule has 4 amide bonds. The normalized spacial score (nSPS) is 23.2. The highest BCUT2D eigenvalue weighted by Gasteiger charge is 2.62. The summed E-state index contributed by atoms with van der Waals surface area (Å²) in [7, 11) is -0.864. The molecule has 0 radical (unpaired) electrons. The summed E-state index contributed by atoms with van der Waals surface area (Å²) in [6, 6.07) is 7.11. The molecule has 2 aromatic carbocycles. The lowest BCUT2D eigenvalue weighted by molar-refractivity contribution is -0.144. The largest absolute Gasteiger partial charge is 0.496 e. The van der Waals surface area contributed by atoms with E-state index in [1.807, 2.05) is 50.3 Å². The molecule has 0 unspecified atom stereocenters. The van der Waals surface area contributed by atoms with Gasteiger partial charge in [-0.25, -0.2) is 13.2 Å². The van der Waals surface area contributed by atoms with Crippen LogP contribution in [0.2, 0.25) is 0 Å². The number of carbonyl (C=O) groups excluding carboxylic acids is 3. The van der Waals surface area contributed by atoms with Crippen molar-refractivity contribution in [3.05, 3.63) is 86.0 Å². The Morgan fingerprint density at radius 1 is 1.02 bits per heavy atom. The first-order valence-corrected chi connectivity index (χ1v) is 21.8. The van der Waals surface area contributed by atoms with Crippen LogP contribution in [0.5, 0.6) is 5.75 Å². The van der Waals surface area contributed by atoms with E-state index in [-0.39, 0.29) is 32.4 Å². The Hall–Kier alpha value is -4.95. The van der Waals surface area contributed by atoms with Crippen LogP contribution in [-0.4, -0.2) is 97.3 Å². The third-order valence-electron chi connectivity index (χ3n) is 12.1. The van der Waals surface area contributed by atoms with E-state index < -0.39 is 73.6 Å². The molecular weight excluding hydrogens is 773 g/mol. The highest BCUT2D eigenvalue weighted by Crippen LogP contribution is 2.47. The average molecular weight is 833 g/mol. The lowest BCUT2D eigenvalue weighted by Crippen LogP contribution is -2.59. The van der Waals surface area contributed by atoms with Crippen LogP contribution in [0.15, 0.2) is 74.9 Å². The van der Waals surface area contributed by atoms with E-state index in [9.17, 15) is 27.9 Å². The van der Waals surface area contributed by atoms with Crippen LogP contribution in [0.3, 0.4) is 0 Å². The molecule has 2 saturated carbocycles. The number of allylic oxidation sites excluding steroid dienone is 2. The van der Waals surface area contributed by atoms with E-state index in [4.69, 9.17) is 9.47 Å². The fraction of sp³-hybridized carbons (Fsp3) is 0.511. The second kappa shape index (κ2) is 18.1. The SMILES string of the molecule is C=CCCCCC[C@@H](C(=O)N1C[C@](OC)(c2ccc3cc(OC)c(C=C)cc3c2)C[C@H]1C(=O)N[C@]1(C(=O)NS(=O)(=O)C2CC2)C[C@H]1C=C)N(CC(C)(C)CC=C)C(=O)O. The number of methoxy groups -OCH3 is 2. The number of sulfonamides is 1. The Morgan fingerprint density at radius 3 is 2.32 bits per heavy atom. The number of nitrogens with zero attached hydrogens (tertiary/aromatic N) is 2. The minimum absolute atomic E-state index is 0.0249. The molecule has 5 atom stereocenters. The molecule has 320 valence electrons. The van der Waals surface area contributed by atoms with E-state index in [0.29, 0.717) is 37.0 Å². The molecule has 1 saturated heterocycles. The molecule has 1 aliphatic heterocycles. The van der Waals surface area contributed by atoms with Crippen molar-refractivity contribution >= 4 is 50.7 Å². The minimum Gasteiger partial charge on any atom is -0.496 e. The van der Waals surface area contributed by atoms with Gasteiger partial charge in [-0.1, -0.05) is 69.7 Å². The Balaban J connectivity index is 1.58. The molecule has 3 aliphatic rings. The fourth-order valence-electron chi connectivity index (χ4n) is 8.38. The summed E-state index contributed by atoms with van der Waals surface area (Å²) < 4.78 is 39.8. The number of carbonyl (C=O) groups is 4. The van der Waals surface area contributed by atoms with Gasteiger partial charge in [0.15, 0.2) is 0 Å². The highest BCUT2D eigenvalue weighted by atomic mass is 32.2. The maximum atomic E-state index is 15.2. The Labute approximate surface area is 348 Å². The predicted molar refractivity (Wildman–Crippen MR) is 229 cm³/mol. The molecule has 1 heterocycles. The molecule has 59 heavy (non-hydrogen) atoms. The topological polar surface area (TPSA) is 172 Å². The van der Waals surface area contributed by atoms with Gasteiger partial charge in [-0.15, -0.1) is 19.7 Å². The number of rotatable bonds is 22. The first kappa shape index (κ1) is 45.1. The monoisotopic (exact) mass is 832 g/mol. The lowest BCUT2D eigenvalue weighted by Gasteiger charge is -2.38. The molecule has 2 aliphatic carbocycles. The lowest BCUT2D eigenvalue weighted by atomic mass is 9.88. The fourth-order valence-corrected chi connectivity index (χ4v) is 9.74. The van der Waals surface area contributed by atoms with Crippen molar-refractivity contribution in [2.24, 2.45) is 11.3 Å². The Morgan fingerprint density at radius 2 is 1.75 bits per heavy atom. The van der Waals surface area contributed by atoms with Crippen molar-refractivity contribution in [3.63, 3.8) is 0 Å². The van der Waals surface area contributed by atoms with Crippen LogP contribution in [-0.2, 0) is 34.7 Å².